The number of hydrogen-bond donors (Lipinski definition) is 2. The number of carboxylic acids is 1. The minimum atomic E-state index is -1.06. The quantitative estimate of drug-likeness (QED) is 0.670. The van der Waals surface area contributed by atoms with Gasteiger partial charge in [-0.2, -0.15) is 0 Å². The SMILES string of the molecule is O=C(O)c1ccc(NC(=O)c2cc3cc(Br)ccc3oc2=O)cc1. The van der Waals surface area contributed by atoms with Crippen molar-refractivity contribution < 1.29 is 19.1 Å². The Bertz CT molecular complexity index is 1010. The van der Waals surface area contributed by atoms with Crippen molar-refractivity contribution in [2.45, 2.75) is 0 Å². The minimum Gasteiger partial charge on any atom is -0.478 e. The lowest BCUT2D eigenvalue weighted by Crippen LogP contribution is -2.20. The van der Waals surface area contributed by atoms with E-state index in [0.29, 0.717) is 16.7 Å². The van der Waals surface area contributed by atoms with E-state index in [1.807, 2.05) is 0 Å². The third kappa shape index (κ3) is 3.21. The van der Waals surface area contributed by atoms with Crippen LogP contribution in [0, 0.1) is 0 Å². The standard InChI is InChI=1S/C17H10BrNO5/c18-11-3-6-14-10(7-11)8-13(17(23)24-14)15(20)19-12-4-1-9(2-5-12)16(21)22/h1-8H,(H,19,20)(H,21,22). The number of amides is 1. The van der Waals surface area contributed by atoms with E-state index >= 15 is 0 Å². The molecule has 2 aromatic carbocycles. The molecule has 0 radical (unpaired) electrons. The van der Waals surface area contributed by atoms with Gasteiger partial charge in [-0.15, -0.1) is 0 Å². The van der Waals surface area contributed by atoms with Crippen LogP contribution in [0.1, 0.15) is 20.7 Å². The van der Waals surface area contributed by atoms with Gasteiger partial charge >= 0.3 is 11.6 Å². The van der Waals surface area contributed by atoms with Crippen LogP contribution in [0.4, 0.5) is 5.69 Å². The molecule has 0 aliphatic carbocycles. The molecule has 7 heteroatoms. The summed E-state index contributed by atoms with van der Waals surface area (Å²) in [6.07, 6.45) is 0. The van der Waals surface area contributed by atoms with Crippen LogP contribution in [-0.2, 0) is 0 Å². The van der Waals surface area contributed by atoms with E-state index in [-0.39, 0.29) is 11.1 Å². The monoisotopic (exact) mass is 387 g/mol. The second-order valence-corrected chi connectivity index (χ2v) is 5.88. The Balaban J connectivity index is 1.91. The summed E-state index contributed by atoms with van der Waals surface area (Å²) in [6.45, 7) is 0. The minimum absolute atomic E-state index is 0.100. The van der Waals surface area contributed by atoms with E-state index in [0.717, 1.165) is 4.47 Å². The molecule has 0 bridgehead atoms. The van der Waals surface area contributed by atoms with Crippen molar-refractivity contribution in [2.75, 3.05) is 5.32 Å². The molecule has 6 nitrogen and oxygen atoms in total. The number of benzene rings is 2. The summed E-state index contributed by atoms with van der Waals surface area (Å²) >= 11 is 3.32. The van der Waals surface area contributed by atoms with E-state index in [4.69, 9.17) is 9.52 Å². The highest BCUT2D eigenvalue weighted by atomic mass is 79.9. The van der Waals surface area contributed by atoms with Gasteiger partial charge in [-0.1, -0.05) is 15.9 Å². The predicted octanol–water partition coefficient (Wildman–Crippen LogP) is 3.51. The second kappa shape index (κ2) is 6.29. The molecule has 0 atom stereocenters. The van der Waals surface area contributed by atoms with Gasteiger partial charge < -0.3 is 14.8 Å². The van der Waals surface area contributed by atoms with E-state index in [1.54, 1.807) is 18.2 Å². The van der Waals surface area contributed by atoms with Crippen LogP contribution >= 0.6 is 15.9 Å². The summed E-state index contributed by atoms with van der Waals surface area (Å²) < 4.78 is 5.93. The zero-order chi connectivity index (χ0) is 17.3. The largest absolute Gasteiger partial charge is 0.478 e. The summed E-state index contributed by atoms with van der Waals surface area (Å²) in [5, 5.41) is 12.0. The van der Waals surface area contributed by atoms with Crippen molar-refractivity contribution in [3.05, 3.63) is 74.6 Å². The van der Waals surface area contributed by atoms with Gasteiger partial charge in [0.25, 0.3) is 5.91 Å². The van der Waals surface area contributed by atoms with Crippen molar-refractivity contribution in [1.82, 2.24) is 0 Å². The molecule has 0 aliphatic heterocycles. The van der Waals surface area contributed by atoms with Crippen molar-refractivity contribution in [1.29, 1.82) is 0 Å². The Hall–Kier alpha value is -2.93. The first-order valence-electron chi connectivity index (χ1n) is 6.82. The fourth-order valence-corrected chi connectivity index (χ4v) is 2.53. The number of carbonyl (C=O) groups excluding carboxylic acids is 1. The summed E-state index contributed by atoms with van der Waals surface area (Å²) in [4.78, 5) is 35.1. The van der Waals surface area contributed by atoms with Crippen molar-refractivity contribution in [3.8, 4) is 0 Å². The maximum absolute atomic E-state index is 12.3. The fourth-order valence-electron chi connectivity index (χ4n) is 2.15. The van der Waals surface area contributed by atoms with Crippen molar-refractivity contribution >= 4 is 44.5 Å². The number of halogens is 1. The number of anilines is 1. The normalized spacial score (nSPS) is 10.5. The molecular formula is C17H10BrNO5. The van der Waals surface area contributed by atoms with Gasteiger partial charge in [-0.05, 0) is 48.5 Å². The Labute approximate surface area is 143 Å². The fraction of sp³-hybridized carbons (Fsp3) is 0. The Morgan fingerprint density at radius 3 is 2.42 bits per heavy atom. The van der Waals surface area contributed by atoms with Gasteiger partial charge in [0.05, 0.1) is 5.56 Å². The molecule has 0 unspecified atom stereocenters. The molecular weight excluding hydrogens is 378 g/mol. The molecule has 0 saturated heterocycles. The van der Waals surface area contributed by atoms with Crippen molar-refractivity contribution in [3.63, 3.8) is 0 Å². The molecule has 0 spiro atoms. The highest BCUT2D eigenvalue weighted by molar-refractivity contribution is 9.10. The summed E-state index contributed by atoms with van der Waals surface area (Å²) in [7, 11) is 0. The third-order valence-electron chi connectivity index (χ3n) is 3.33. The van der Waals surface area contributed by atoms with Crippen LogP contribution in [-0.4, -0.2) is 17.0 Å². The number of fused-ring (bicyclic) bond motifs is 1. The van der Waals surface area contributed by atoms with Crippen LogP contribution in [0.3, 0.4) is 0 Å². The first-order valence-corrected chi connectivity index (χ1v) is 7.61. The van der Waals surface area contributed by atoms with Crippen molar-refractivity contribution in [2.24, 2.45) is 0 Å². The first kappa shape index (κ1) is 15.9. The van der Waals surface area contributed by atoms with E-state index < -0.39 is 17.5 Å². The van der Waals surface area contributed by atoms with Gasteiger partial charge in [-0.3, -0.25) is 4.79 Å². The molecule has 1 aromatic heterocycles. The summed E-state index contributed by atoms with van der Waals surface area (Å²) in [5.74, 6) is -1.69. The average molecular weight is 388 g/mol. The number of rotatable bonds is 3. The number of nitrogens with one attached hydrogen (secondary N) is 1. The molecule has 120 valence electrons. The van der Waals surface area contributed by atoms with Gasteiger partial charge in [0.2, 0.25) is 0 Å². The van der Waals surface area contributed by atoms with Gasteiger partial charge in [-0.25, -0.2) is 9.59 Å². The number of hydrogen-bond acceptors (Lipinski definition) is 4. The van der Waals surface area contributed by atoms with Crippen LogP contribution in [0.5, 0.6) is 0 Å². The maximum Gasteiger partial charge on any atom is 0.349 e. The van der Waals surface area contributed by atoms with E-state index in [2.05, 4.69) is 21.2 Å². The number of carboxylic acid groups (broad SMARTS) is 1. The Morgan fingerprint density at radius 1 is 1.04 bits per heavy atom. The van der Waals surface area contributed by atoms with Crippen LogP contribution in [0.2, 0.25) is 0 Å². The summed E-state index contributed by atoms with van der Waals surface area (Å²) in [5.41, 5.74) is -0.0280. The molecule has 3 rings (SSSR count). The third-order valence-corrected chi connectivity index (χ3v) is 3.82. The zero-order valence-electron chi connectivity index (χ0n) is 12.1. The summed E-state index contributed by atoms with van der Waals surface area (Å²) in [6, 6.07) is 12.2. The Morgan fingerprint density at radius 2 is 1.75 bits per heavy atom. The van der Waals surface area contributed by atoms with Crippen LogP contribution < -0.4 is 10.9 Å². The Kier molecular flexibility index (Phi) is 4.18. The van der Waals surface area contributed by atoms with Gasteiger partial charge in [0, 0.05) is 15.5 Å². The first-order chi connectivity index (χ1) is 11.4. The lowest BCUT2D eigenvalue weighted by atomic mass is 10.1. The lowest BCUT2D eigenvalue weighted by molar-refractivity contribution is 0.0696. The van der Waals surface area contributed by atoms with Crippen LogP contribution in [0.15, 0.2) is 62.2 Å². The topological polar surface area (TPSA) is 96.6 Å². The van der Waals surface area contributed by atoms with Gasteiger partial charge in [0.1, 0.15) is 11.1 Å². The molecule has 1 amide bonds. The van der Waals surface area contributed by atoms with E-state index in [1.165, 1.54) is 30.3 Å². The molecule has 3 aromatic rings. The number of carbonyl (C=O) groups is 2. The maximum atomic E-state index is 12.3. The highest BCUT2D eigenvalue weighted by Gasteiger charge is 2.14. The molecule has 0 fully saturated rings. The van der Waals surface area contributed by atoms with E-state index in [9.17, 15) is 14.4 Å². The molecule has 24 heavy (non-hydrogen) atoms. The zero-order valence-corrected chi connectivity index (χ0v) is 13.7. The van der Waals surface area contributed by atoms with Crippen LogP contribution in [0.25, 0.3) is 11.0 Å². The lowest BCUT2D eigenvalue weighted by Gasteiger charge is -2.06. The molecule has 1 heterocycles. The van der Waals surface area contributed by atoms with Gasteiger partial charge in [0.15, 0.2) is 0 Å². The molecule has 2 N–H and O–H groups in total. The number of aromatic carboxylic acids is 1. The molecule has 0 aliphatic rings. The highest BCUT2D eigenvalue weighted by Crippen LogP contribution is 2.20. The second-order valence-electron chi connectivity index (χ2n) is 4.97. The molecule has 0 saturated carbocycles. The smallest absolute Gasteiger partial charge is 0.349 e. The average Bonchev–Trinajstić information content (AvgIpc) is 2.55. The predicted molar refractivity (Wildman–Crippen MR) is 91.5 cm³/mol.